The van der Waals surface area contributed by atoms with E-state index in [4.69, 9.17) is 16.6 Å². The molecule has 3 aromatic rings. The van der Waals surface area contributed by atoms with Gasteiger partial charge in [-0.25, -0.2) is 0 Å². The van der Waals surface area contributed by atoms with Crippen LogP contribution in [-0.4, -0.2) is 51.9 Å². The van der Waals surface area contributed by atoms with E-state index in [0.29, 0.717) is 13.1 Å². The van der Waals surface area contributed by atoms with Crippen LogP contribution >= 0.6 is 11.6 Å². The number of pyridine rings is 2. The molecule has 0 saturated carbocycles. The summed E-state index contributed by atoms with van der Waals surface area (Å²) in [7, 11) is 0. The summed E-state index contributed by atoms with van der Waals surface area (Å²) in [4.78, 5) is 26.9. The second-order valence-electron chi connectivity index (χ2n) is 9.48. The van der Waals surface area contributed by atoms with Crippen LogP contribution in [0.25, 0.3) is 0 Å². The third kappa shape index (κ3) is 4.16. The first-order valence-electron chi connectivity index (χ1n) is 11.6. The summed E-state index contributed by atoms with van der Waals surface area (Å²) in [6.07, 6.45) is 7.32. The zero-order chi connectivity index (χ0) is 23.0. The normalized spacial score (nSPS) is 18.9. The maximum atomic E-state index is 13.5. The summed E-state index contributed by atoms with van der Waals surface area (Å²) < 4.78 is 0. The van der Waals surface area contributed by atoms with E-state index >= 15 is 0 Å². The molecule has 0 spiro atoms. The Kier molecular flexibility index (Phi) is 5.94. The number of rotatable bonds is 3. The number of carbonyl (C=O) groups excluding carboxylic acids is 1. The van der Waals surface area contributed by atoms with Crippen LogP contribution < -0.4 is 0 Å². The lowest BCUT2D eigenvalue weighted by Crippen LogP contribution is -2.54. The lowest BCUT2D eigenvalue weighted by molar-refractivity contribution is -0.138. The van der Waals surface area contributed by atoms with Crippen molar-refractivity contribution in [2.75, 3.05) is 26.2 Å². The van der Waals surface area contributed by atoms with Crippen LogP contribution in [0, 0.1) is 0 Å². The highest BCUT2D eigenvalue weighted by molar-refractivity contribution is 6.30. The van der Waals surface area contributed by atoms with Gasteiger partial charge < -0.3 is 4.90 Å². The Morgan fingerprint density at radius 3 is 2.45 bits per heavy atom. The first-order chi connectivity index (χ1) is 15.9. The van der Waals surface area contributed by atoms with Crippen LogP contribution in [0.1, 0.15) is 47.8 Å². The molecule has 5 nitrogen and oxygen atoms in total. The molecule has 1 fully saturated rings. The number of aromatic nitrogens is 2. The van der Waals surface area contributed by atoms with Crippen molar-refractivity contribution in [1.29, 1.82) is 0 Å². The van der Waals surface area contributed by atoms with Crippen molar-refractivity contribution in [2.45, 2.75) is 38.1 Å². The SMILES string of the molecule is CC(C)(C(=O)N1CCN(C2c3ccc(Cl)cc3CCc3cccnc32)CC1)c1ccncc1. The van der Waals surface area contributed by atoms with Crippen molar-refractivity contribution >= 4 is 17.5 Å². The zero-order valence-corrected chi connectivity index (χ0v) is 19.9. The molecule has 0 N–H and O–H groups in total. The second-order valence-corrected chi connectivity index (χ2v) is 9.92. The molecular formula is C27H29ClN4O. The smallest absolute Gasteiger partial charge is 0.232 e. The highest BCUT2D eigenvalue weighted by Gasteiger charge is 2.37. The average molecular weight is 461 g/mol. The molecule has 0 radical (unpaired) electrons. The highest BCUT2D eigenvalue weighted by Crippen LogP contribution is 2.37. The lowest BCUT2D eigenvalue weighted by atomic mass is 9.83. The second kappa shape index (κ2) is 8.88. The predicted octanol–water partition coefficient (Wildman–Crippen LogP) is 4.44. The van der Waals surface area contributed by atoms with Gasteiger partial charge in [-0.3, -0.25) is 19.7 Å². The minimum Gasteiger partial charge on any atom is -0.339 e. The fourth-order valence-electron chi connectivity index (χ4n) is 5.22. The summed E-state index contributed by atoms with van der Waals surface area (Å²) in [5.41, 5.74) is 5.43. The van der Waals surface area contributed by atoms with E-state index in [1.807, 2.05) is 49.2 Å². The number of aryl methyl sites for hydroxylation is 2. The molecule has 1 aromatic carbocycles. The predicted molar refractivity (Wildman–Crippen MR) is 130 cm³/mol. The number of halogens is 1. The molecule has 1 atom stereocenters. The van der Waals surface area contributed by atoms with Crippen molar-refractivity contribution < 1.29 is 4.79 Å². The highest BCUT2D eigenvalue weighted by atomic mass is 35.5. The third-order valence-electron chi connectivity index (χ3n) is 7.15. The Labute approximate surface area is 200 Å². The topological polar surface area (TPSA) is 49.3 Å². The van der Waals surface area contributed by atoms with Crippen LogP contribution in [0.15, 0.2) is 61.1 Å². The number of nitrogens with zero attached hydrogens (tertiary/aromatic N) is 4. The first-order valence-corrected chi connectivity index (χ1v) is 12.0. The van der Waals surface area contributed by atoms with E-state index < -0.39 is 5.41 Å². The van der Waals surface area contributed by atoms with Crippen LogP contribution in [0.3, 0.4) is 0 Å². The Morgan fingerprint density at radius 1 is 0.970 bits per heavy atom. The molecule has 1 aliphatic carbocycles. The van der Waals surface area contributed by atoms with E-state index in [9.17, 15) is 4.79 Å². The third-order valence-corrected chi connectivity index (χ3v) is 7.39. The van der Waals surface area contributed by atoms with Crippen LogP contribution in [0.2, 0.25) is 5.02 Å². The molecular weight excluding hydrogens is 432 g/mol. The van der Waals surface area contributed by atoms with Crippen LogP contribution in [-0.2, 0) is 23.1 Å². The number of piperazine rings is 1. The summed E-state index contributed by atoms with van der Waals surface area (Å²) in [5, 5.41) is 0.778. The molecule has 33 heavy (non-hydrogen) atoms. The summed E-state index contributed by atoms with van der Waals surface area (Å²) in [5.74, 6) is 0.167. The van der Waals surface area contributed by atoms with Gasteiger partial charge in [-0.2, -0.15) is 0 Å². The number of amides is 1. The Bertz CT molecular complexity index is 1160. The van der Waals surface area contributed by atoms with Gasteiger partial charge in [0.2, 0.25) is 5.91 Å². The fourth-order valence-corrected chi connectivity index (χ4v) is 5.42. The van der Waals surface area contributed by atoms with Crippen molar-refractivity contribution in [1.82, 2.24) is 19.8 Å². The first kappa shape index (κ1) is 22.1. The van der Waals surface area contributed by atoms with Gasteiger partial charge in [0.05, 0.1) is 17.2 Å². The minimum atomic E-state index is -0.578. The van der Waals surface area contributed by atoms with Gasteiger partial charge in [0.25, 0.3) is 0 Å². The van der Waals surface area contributed by atoms with Gasteiger partial charge in [0.15, 0.2) is 0 Å². The van der Waals surface area contributed by atoms with Crippen LogP contribution in [0.5, 0.6) is 0 Å². The quantitative estimate of drug-likeness (QED) is 0.579. The molecule has 1 unspecified atom stereocenters. The van der Waals surface area contributed by atoms with E-state index in [1.165, 1.54) is 16.7 Å². The van der Waals surface area contributed by atoms with E-state index in [2.05, 4.69) is 28.1 Å². The molecule has 1 saturated heterocycles. The monoisotopic (exact) mass is 460 g/mol. The Balaban J connectivity index is 1.40. The summed E-state index contributed by atoms with van der Waals surface area (Å²) in [6.45, 7) is 7.02. The molecule has 6 heteroatoms. The fraction of sp³-hybridized carbons (Fsp3) is 0.370. The number of fused-ring (bicyclic) bond motifs is 2. The van der Waals surface area contributed by atoms with E-state index in [-0.39, 0.29) is 11.9 Å². The summed E-state index contributed by atoms with van der Waals surface area (Å²) >= 11 is 6.34. The lowest BCUT2D eigenvalue weighted by Gasteiger charge is -2.42. The molecule has 0 bridgehead atoms. The zero-order valence-electron chi connectivity index (χ0n) is 19.2. The van der Waals surface area contributed by atoms with Gasteiger partial charge in [-0.05, 0) is 79.3 Å². The average Bonchev–Trinajstić information content (AvgIpc) is 3.01. The standard InChI is InChI=1S/C27H29ClN4O/c1-27(2,21-9-12-29-13-10-21)26(33)32-16-14-31(15-17-32)25-23-8-7-22(28)18-20(23)6-5-19-4-3-11-30-24(19)25/h3-4,7-13,18,25H,5-6,14-17H2,1-2H3. The maximum absolute atomic E-state index is 13.5. The number of benzene rings is 1. The van der Waals surface area contributed by atoms with Crippen molar-refractivity contribution in [3.8, 4) is 0 Å². The van der Waals surface area contributed by atoms with Crippen molar-refractivity contribution in [3.05, 3.63) is 94.0 Å². The van der Waals surface area contributed by atoms with E-state index in [1.54, 1.807) is 12.4 Å². The Morgan fingerprint density at radius 2 is 1.70 bits per heavy atom. The molecule has 2 aromatic heterocycles. The number of hydrogen-bond acceptors (Lipinski definition) is 4. The molecule has 170 valence electrons. The maximum Gasteiger partial charge on any atom is 0.232 e. The van der Waals surface area contributed by atoms with E-state index in [0.717, 1.165) is 42.2 Å². The van der Waals surface area contributed by atoms with Gasteiger partial charge in [0, 0.05) is 49.8 Å². The van der Waals surface area contributed by atoms with Gasteiger partial charge in [-0.15, -0.1) is 0 Å². The molecule has 5 rings (SSSR count). The molecule has 2 aliphatic rings. The molecule has 3 heterocycles. The number of hydrogen-bond donors (Lipinski definition) is 0. The van der Waals surface area contributed by atoms with Crippen LogP contribution in [0.4, 0.5) is 0 Å². The van der Waals surface area contributed by atoms with Gasteiger partial charge in [-0.1, -0.05) is 23.7 Å². The number of carbonyl (C=O) groups is 1. The molecule has 1 aliphatic heterocycles. The Hall–Kier alpha value is -2.76. The van der Waals surface area contributed by atoms with Gasteiger partial charge >= 0.3 is 0 Å². The largest absolute Gasteiger partial charge is 0.339 e. The minimum absolute atomic E-state index is 0.0847. The summed E-state index contributed by atoms with van der Waals surface area (Å²) in [6, 6.07) is 14.4. The van der Waals surface area contributed by atoms with Gasteiger partial charge in [0.1, 0.15) is 0 Å². The van der Waals surface area contributed by atoms with Crippen molar-refractivity contribution in [3.63, 3.8) is 0 Å². The molecule has 1 amide bonds. The van der Waals surface area contributed by atoms with Crippen molar-refractivity contribution in [2.24, 2.45) is 0 Å².